The maximum absolute atomic E-state index is 12.0. The van der Waals surface area contributed by atoms with Crippen LogP contribution in [-0.2, 0) is 9.59 Å². The van der Waals surface area contributed by atoms with Crippen molar-refractivity contribution in [2.24, 2.45) is 10.7 Å². The summed E-state index contributed by atoms with van der Waals surface area (Å²) in [5, 5.41) is 2.69. The van der Waals surface area contributed by atoms with Gasteiger partial charge in [-0.25, -0.2) is 0 Å². The van der Waals surface area contributed by atoms with Gasteiger partial charge >= 0.3 is 0 Å². The van der Waals surface area contributed by atoms with Gasteiger partial charge in [0.2, 0.25) is 0 Å². The standard InChI is InChI=1S/C13H14BrN3O2/c1-8-5-10(14)3-4-11(8)17-13(19)12(16-2)9(6-15)7-18/h3-7H,15H2,1-2H3,(H,17,19)/b9-6-,16-12?. The fourth-order valence-electron chi connectivity index (χ4n) is 1.48. The molecule has 3 N–H and O–H groups in total. The number of carbonyl (C=O) groups is 2. The molecule has 0 spiro atoms. The molecule has 6 heteroatoms. The Morgan fingerprint density at radius 2 is 2.16 bits per heavy atom. The van der Waals surface area contributed by atoms with Crippen LogP contribution in [0, 0.1) is 6.92 Å². The summed E-state index contributed by atoms with van der Waals surface area (Å²) in [6.07, 6.45) is 1.56. The summed E-state index contributed by atoms with van der Waals surface area (Å²) in [4.78, 5) is 26.6. The number of aryl methyl sites for hydroxylation is 1. The smallest absolute Gasteiger partial charge is 0.274 e. The summed E-state index contributed by atoms with van der Waals surface area (Å²) in [6, 6.07) is 5.44. The van der Waals surface area contributed by atoms with Crippen LogP contribution in [0.15, 0.2) is 39.4 Å². The molecular formula is C13H14BrN3O2. The van der Waals surface area contributed by atoms with Gasteiger partial charge in [-0.1, -0.05) is 15.9 Å². The van der Waals surface area contributed by atoms with Crippen molar-refractivity contribution in [2.45, 2.75) is 6.92 Å². The number of halogens is 1. The molecule has 0 unspecified atom stereocenters. The highest BCUT2D eigenvalue weighted by Crippen LogP contribution is 2.20. The largest absolute Gasteiger partial charge is 0.404 e. The van der Waals surface area contributed by atoms with Crippen LogP contribution in [0.1, 0.15) is 5.56 Å². The fraction of sp³-hybridized carbons (Fsp3) is 0.154. The third-order valence-electron chi connectivity index (χ3n) is 2.46. The summed E-state index contributed by atoms with van der Waals surface area (Å²) < 4.78 is 0.919. The second kappa shape index (κ2) is 6.84. The monoisotopic (exact) mass is 323 g/mol. The van der Waals surface area contributed by atoms with E-state index in [9.17, 15) is 9.59 Å². The average Bonchev–Trinajstić information content (AvgIpc) is 2.38. The maximum atomic E-state index is 12.0. The van der Waals surface area contributed by atoms with E-state index in [1.165, 1.54) is 7.05 Å². The Bertz CT molecular complexity index is 565. The molecule has 1 amide bonds. The van der Waals surface area contributed by atoms with Gasteiger partial charge in [-0.05, 0) is 30.7 Å². The predicted octanol–water partition coefficient (Wildman–Crippen LogP) is 1.81. The van der Waals surface area contributed by atoms with Crippen molar-refractivity contribution >= 4 is 39.5 Å². The number of aliphatic imine (C=N–C) groups is 1. The highest BCUT2D eigenvalue weighted by molar-refractivity contribution is 9.10. The van der Waals surface area contributed by atoms with Crippen molar-refractivity contribution in [2.75, 3.05) is 12.4 Å². The molecule has 1 rings (SSSR count). The number of carbonyl (C=O) groups excluding carboxylic acids is 2. The van der Waals surface area contributed by atoms with E-state index in [0.29, 0.717) is 12.0 Å². The van der Waals surface area contributed by atoms with Gasteiger partial charge in [-0.15, -0.1) is 0 Å². The quantitative estimate of drug-likeness (QED) is 0.503. The van der Waals surface area contributed by atoms with Crippen molar-refractivity contribution in [3.63, 3.8) is 0 Å². The number of aldehydes is 1. The van der Waals surface area contributed by atoms with E-state index in [0.717, 1.165) is 16.2 Å². The van der Waals surface area contributed by atoms with E-state index >= 15 is 0 Å². The molecule has 1 aromatic rings. The van der Waals surface area contributed by atoms with Gasteiger partial charge in [0.15, 0.2) is 6.29 Å². The highest BCUT2D eigenvalue weighted by atomic mass is 79.9. The van der Waals surface area contributed by atoms with Gasteiger partial charge < -0.3 is 11.1 Å². The number of nitrogens with one attached hydrogen (secondary N) is 1. The average molecular weight is 324 g/mol. The van der Waals surface area contributed by atoms with Crippen molar-refractivity contribution < 1.29 is 9.59 Å². The van der Waals surface area contributed by atoms with Gasteiger partial charge in [-0.3, -0.25) is 14.6 Å². The number of nitrogens with two attached hydrogens (primary N) is 1. The topological polar surface area (TPSA) is 84.5 Å². The second-order valence-corrected chi connectivity index (χ2v) is 4.64. The van der Waals surface area contributed by atoms with E-state index in [4.69, 9.17) is 5.73 Å². The first-order valence-corrected chi connectivity index (χ1v) is 6.24. The molecule has 0 aromatic heterocycles. The fourth-order valence-corrected chi connectivity index (χ4v) is 1.96. The third-order valence-corrected chi connectivity index (χ3v) is 2.95. The van der Waals surface area contributed by atoms with Crippen LogP contribution in [0.3, 0.4) is 0 Å². The molecule has 100 valence electrons. The molecule has 0 saturated heterocycles. The number of nitrogens with zero attached hydrogens (tertiary/aromatic N) is 1. The summed E-state index contributed by atoms with van der Waals surface area (Å²) in [5.74, 6) is -0.475. The molecule has 0 saturated carbocycles. The molecule has 0 aliphatic carbocycles. The highest BCUT2D eigenvalue weighted by Gasteiger charge is 2.16. The number of rotatable bonds is 4. The molecule has 0 aliphatic rings. The lowest BCUT2D eigenvalue weighted by atomic mass is 10.1. The summed E-state index contributed by atoms with van der Waals surface area (Å²) in [6.45, 7) is 1.86. The number of hydrogen-bond donors (Lipinski definition) is 2. The summed E-state index contributed by atoms with van der Waals surface area (Å²) >= 11 is 3.34. The first-order chi connectivity index (χ1) is 9.03. The van der Waals surface area contributed by atoms with E-state index in [-0.39, 0.29) is 11.3 Å². The Morgan fingerprint density at radius 1 is 1.47 bits per heavy atom. The summed E-state index contributed by atoms with van der Waals surface area (Å²) in [5.41, 5.74) is 6.87. The van der Waals surface area contributed by atoms with Crippen LogP contribution in [0.25, 0.3) is 0 Å². The zero-order valence-electron chi connectivity index (χ0n) is 10.6. The minimum absolute atomic E-state index is 0.000168. The third kappa shape index (κ3) is 3.75. The molecule has 5 nitrogen and oxygen atoms in total. The van der Waals surface area contributed by atoms with E-state index in [2.05, 4.69) is 26.2 Å². The lowest BCUT2D eigenvalue weighted by Crippen LogP contribution is -2.26. The normalized spacial score (nSPS) is 12.2. The Hall–Kier alpha value is -1.95. The number of hydrogen-bond acceptors (Lipinski definition) is 4. The number of anilines is 1. The van der Waals surface area contributed by atoms with Crippen LogP contribution < -0.4 is 11.1 Å². The van der Waals surface area contributed by atoms with E-state index in [1.807, 2.05) is 19.1 Å². The van der Waals surface area contributed by atoms with Crippen molar-refractivity contribution in [3.8, 4) is 0 Å². The molecule has 19 heavy (non-hydrogen) atoms. The molecule has 0 aliphatic heterocycles. The molecular weight excluding hydrogens is 310 g/mol. The van der Waals surface area contributed by atoms with Gasteiger partial charge in [-0.2, -0.15) is 0 Å². The van der Waals surface area contributed by atoms with E-state index in [1.54, 1.807) is 6.07 Å². The maximum Gasteiger partial charge on any atom is 0.274 e. The zero-order chi connectivity index (χ0) is 14.4. The Kier molecular flexibility index (Phi) is 5.44. The lowest BCUT2D eigenvalue weighted by molar-refractivity contribution is -0.111. The SMILES string of the molecule is CN=C(C(=O)Nc1ccc(Br)cc1C)/C(C=O)=C\N. The molecule has 1 aromatic carbocycles. The van der Waals surface area contributed by atoms with Crippen molar-refractivity contribution in [3.05, 3.63) is 40.0 Å². The van der Waals surface area contributed by atoms with Gasteiger partial charge in [0.05, 0.1) is 5.57 Å². The second-order valence-electron chi connectivity index (χ2n) is 3.73. The van der Waals surface area contributed by atoms with Gasteiger partial charge in [0.25, 0.3) is 5.91 Å². The van der Waals surface area contributed by atoms with Crippen molar-refractivity contribution in [1.29, 1.82) is 0 Å². The first kappa shape index (κ1) is 15.1. The molecule has 0 fully saturated rings. The first-order valence-electron chi connectivity index (χ1n) is 5.45. The summed E-state index contributed by atoms with van der Waals surface area (Å²) in [7, 11) is 1.43. The van der Waals surface area contributed by atoms with E-state index < -0.39 is 5.91 Å². The lowest BCUT2D eigenvalue weighted by Gasteiger charge is -2.10. The Balaban J connectivity index is 2.99. The van der Waals surface area contributed by atoms with Crippen LogP contribution in [0.2, 0.25) is 0 Å². The van der Waals surface area contributed by atoms with Gasteiger partial charge in [0, 0.05) is 23.4 Å². The minimum atomic E-state index is -0.475. The molecule has 0 heterocycles. The van der Waals surface area contributed by atoms with Gasteiger partial charge in [0.1, 0.15) is 5.71 Å². The van der Waals surface area contributed by atoms with Crippen LogP contribution in [-0.4, -0.2) is 25.0 Å². The molecule has 0 radical (unpaired) electrons. The van der Waals surface area contributed by atoms with Crippen LogP contribution >= 0.6 is 15.9 Å². The van der Waals surface area contributed by atoms with Crippen molar-refractivity contribution in [1.82, 2.24) is 0 Å². The minimum Gasteiger partial charge on any atom is -0.404 e. The van der Waals surface area contributed by atoms with Crippen LogP contribution in [0.5, 0.6) is 0 Å². The molecule has 0 atom stereocenters. The number of benzene rings is 1. The zero-order valence-corrected chi connectivity index (χ0v) is 12.2. The predicted molar refractivity (Wildman–Crippen MR) is 79.2 cm³/mol. The Morgan fingerprint density at radius 3 is 2.63 bits per heavy atom. The van der Waals surface area contributed by atoms with Crippen LogP contribution in [0.4, 0.5) is 5.69 Å². The molecule has 0 bridgehead atoms. The number of amides is 1. The Labute approximate surface area is 119 Å².